The molecule has 1 aliphatic rings. The Morgan fingerprint density at radius 3 is 2.71 bits per heavy atom. The van der Waals surface area contributed by atoms with Crippen molar-refractivity contribution in [1.82, 2.24) is 15.3 Å². The molecule has 1 saturated carbocycles. The third-order valence-electron chi connectivity index (χ3n) is 2.80. The first-order chi connectivity index (χ1) is 6.64. The van der Waals surface area contributed by atoms with E-state index in [1.165, 1.54) is 12.8 Å². The fourth-order valence-corrected chi connectivity index (χ4v) is 1.59. The lowest BCUT2D eigenvalue weighted by atomic mass is 10.1. The van der Waals surface area contributed by atoms with Gasteiger partial charge in [0.25, 0.3) is 0 Å². The molecule has 1 aromatic rings. The van der Waals surface area contributed by atoms with Gasteiger partial charge in [-0.15, -0.1) is 0 Å². The molecule has 0 unspecified atom stereocenters. The minimum absolute atomic E-state index is 0.272. The van der Waals surface area contributed by atoms with Gasteiger partial charge in [-0.3, -0.25) is 0 Å². The molecule has 3 heteroatoms. The molecule has 2 rings (SSSR count). The Balaban J connectivity index is 2.32. The minimum Gasteiger partial charge on any atom is -0.314 e. The lowest BCUT2D eigenvalue weighted by molar-refractivity contribution is 0.678. The summed E-state index contributed by atoms with van der Waals surface area (Å²) >= 11 is 0. The maximum atomic E-state index is 4.58. The van der Waals surface area contributed by atoms with Crippen LogP contribution < -0.4 is 5.32 Å². The van der Waals surface area contributed by atoms with E-state index in [2.05, 4.69) is 22.2 Å². The molecule has 0 amide bonds. The summed E-state index contributed by atoms with van der Waals surface area (Å²) in [5, 5.41) is 3.12. The summed E-state index contributed by atoms with van der Waals surface area (Å²) in [6.45, 7) is 5.10. The summed E-state index contributed by atoms with van der Waals surface area (Å²) in [4.78, 5) is 9.09. The average molecular weight is 191 g/mol. The molecule has 0 aliphatic heterocycles. The monoisotopic (exact) mass is 191 g/mol. The van der Waals surface area contributed by atoms with Gasteiger partial charge in [0.1, 0.15) is 5.82 Å². The van der Waals surface area contributed by atoms with Gasteiger partial charge in [0.15, 0.2) is 0 Å². The van der Waals surface area contributed by atoms with Crippen molar-refractivity contribution in [2.45, 2.75) is 38.6 Å². The number of aryl methyl sites for hydroxylation is 1. The number of nitrogens with one attached hydrogen (secondary N) is 1. The first kappa shape index (κ1) is 9.59. The molecule has 0 radical (unpaired) electrons. The average Bonchev–Trinajstić information content (AvgIpc) is 2.85. The van der Waals surface area contributed by atoms with Gasteiger partial charge in [0.05, 0.1) is 5.69 Å². The molecule has 3 nitrogen and oxygen atoms in total. The van der Waals surface area contributed by atoms with E-state index in [0.29, 0.717) is 0 Å². The highest BCUT2D eigenvalue weighted by atomic mass is 15.0. The maximum Gasteiger partial charge on any atom is 0.134 e. The molecule has 1 N–H and O–H groups in total. The van der Waals surface area contributed by atoms with Crippen LogP contribution >= 0.6 is 0 Å². The molecule has 0 bridgehead atoms. The SMILES string of the molecule is CNCc1cc(C)nc(C2(C)CC2)n1. The van der Waals surface area contributed by atoms with Gasteiger partial charge >= 0.3 is 0 Å². The number of hydrogen-bond acceptors (Lipinski definition) is 3. The number of aromatic nitrogens is 2. The zero-order valence-electron chi connectivity index (χ0n) is 9.09. The molecular weight excluding hydrogens is 174 g/mol. The fourth-order valence-electron chi connectivity index (χ4n) is 1.59. The summed E-state index contributed by atoms with van der Waals surface area (Å²) in [7, 11) is 1.94. The third kappa shape index (κ3) is 1.77. The Hall–Kier alpha value is -0.960. The molecule has 0 aromatic carbocycles. The Kier molecular flexibility index (Phi) is 2.27. The van der Waals surface area contributed by atoms with Crippen LogP contribution in [-0.4, -0.2) is 17.0 Å². The van der Waals surface area contributed by atoms with Gasteiger partial charge in [0.2, 0.25) is 0 Å². The second kappa shape index (κ2) is 3.31. The number of hydrogen-bond donors (Lipinski definition) is 1. The van der Waals surface area contributed by atoms with Crippen LogP contribution in [-0.2, 0) is 12.0 Å². The Labute approximate surface area is 85.0 Å². The van der Waals surface area contributed by atoms with Crippen LogP contribution in [0.2, 0.25) is 0 Å². The largest absolute Gasteiger partial charge is 0.314 e. The first-order valence-electron chi connectivity index (χ1n) is 5.14. The summed E-state index contributed by atoms with van der Waals surface area (Å²) < 4.78 is 0. The van der Waals surface area contributed by atoms with Crippen molar-refractivity contribution in [3.8, 4) is 0 Å². The maximum absolute atomic E-state index is 4.58. The Morgan fingerprint density at radius 1 is 1.43 bits per heavy atom. The van der Waals surface area contributed by atoms with Crippen LogP contribution in [0.15, 0.2) is 6.07 Å². The highest BCUT2D eigenvalue weighted by Gasteiger charge is 2.42. The molecule has 14 heavy (non-hydrogen) atoms. The van der Waals surface area contributed by atoms with Crippen molar-refractivity contribution in [3.05, 3.63) is 23.3 Å². The Morgan fingerprint density at radius 2 is 2.14 bits per heavy atom. The van der Waals surface area contributed by atoms with Crippen LogP contribution in [0.3, 0.4) is 0 Å². The predicted octanol–water partition coefficient (Wildman–Crippen LogP) is 1.56. The molecule has 0 spiro atoms. The normalized spacial score (nSPS) is 18.2. The second-order valence-electron chi connectivity index (χ2n) is 4.42. The van der Waals surface area contributed by atoms with Gasteiger partial charge < -0.3 is 5.32 Å². The van der Waals surface area contributed by atoms with E-state index in [1.54, 1.807) is 0 Å². The highest BCUT2D eigenvalue weighted by Crippen LogP contribution is 2.45. The molecule has 76 valence electrons. The van der Waals surface area contributed by atoms with Crippen LogP contribution in [0.25, 0.3) is 0 Å². The van der Waals surface area contributed by atoms with Crippen molar-refractivity contribution in [3.63, 3.8) is 0 Å². The van der Waals surface area contributed by atoms with Crippen molar-refractivity contribution in [2.24, 2.45) is 0 Å². The first-order valence-corrected chi connectivity index (χ1v) is 5.14. The van der Waals surface area contributed by atoms with Crippen molar-refractivity contribution < 1.29 is 0 Å². The number of rotatable bonds is 3. The van der Waals surface area contributed by atoms with Crippen LogP contribution in [0.5, 0.6) is 0 Å². The lowest BCUT2D eigenvalue weighted by Gasteiger charge is -2.09. The zero-order chi connectivity index (χ0) is 10.2. The van der Waals surface area contributed by atoms with Gasteiger partial charge in [-0.05, 0) is 32.9 Å². The van der Waals surface area contributed by atoms with E-state index < -0.39 is 0 Å². The van der Waals surface area contributed by atoms with E-state index in [1.807, 2.05) is 20.0 Å². The van der Waals surface area contributed by atoms with E-state index in [9.17, 15) is 0 Å². The number of nitrogens with zero attached hydrogens (tertiary/aromatic N) is 2. The predicted molar refractivity (Wildman–Crippen MR) is 56.1 cm³/mol. The van der Waals surface area contributed by atoms with Crippen molar-refractivity contribution in [1.29, 1.82) is 0 Å². The summed E-state index contributed by atoms with van der Waals surface area (Å²) in [6, 6.07) is 2.05. The minimum atomic E-state index is 0.272. The zero-order valence-corrected chi connectivity index (χ0v) is 9.09. The Bertz CT molecular complexity index is 342. The van der Waals surface area contributed by atoms with Crippen LogP contribution in [0, 0.1) is 6.92 Å². The molecule has 1 aromatic heterocycles. The van der Waals surface area contributed by atoms with Gasteiger partial charge in [0, 0.05) is 17.7 Å². The van der Waals surface area contributed by atoms with Gasteiger partial charge in [-0.1, -0.05) is 6.92 Å². The molecule has 1 heterocycles. The van der Waals surface area contributed by atoms with E-state index in [0.717, 1.165) is 23.8 Å². The second-order valence-corrected chi connectivity index (χ2v) is 4.42. The summed E-state index contributed by atoms with van der Waals surface area (Å²) in [5.41, 5.74) is 2.45. The van der Waals surface area contributed by atoms with Crippen LogP contribution in [0.1, 0.15) is 37.0 Å². The van der Waals surface area contributed by atoms with Gasteiger partial charge in [-0.25, -0.2) is 9.97 Å². The highest BCUT2D eigenvalue weighted by molar-refractivity contribution is 5.20. The molecular formula is C11H17N3. The summed E-state index contributed by atoms with van der Waals surface area (Å²) in [5.74, 6) is 1.03. The standard InChI is InChI=1S/C11H17N3/c1-8-6-9(7-12-3)14-10(13-8)11(2)4-5-11/h6,12H,4-5,7H2,1-3H3. The van der Waals surface area contributed by atoms with Crippen molar-refractivity contribution >= 4 is 0 Å². The third-order valence-corrected chi connectivity index (χ3v) is 2.80. The van der Waals surface area contributed by atoms with Crippen LogP contribution in [0.4, 0.5) is 0 Å². The quantitative estimate of drug-likeness (QED) is 0.787. The van der Waals surface area contributed by atoms with E-state index in [-0.39, 0.29) is 5.41 Å². The fraction of sp³-hybridized carbons (Fsp3) is 0.636. The lowest BCUT2D eigenvalue weighted by Crippen LogP contribution is -2.13. The molecule has 1 fully saturated rings. The van der Waals surface area contributed by atoms with E-state index in [4.69, 9.17) is 0 Å². The summed E-state index contributed by atoms with van der Waals surface area (Å²) in [6.07, 6.45) is 2.46. The molecule has 0 atom stereocenters. The van der Waals surface area contributed by atoms with Crippen molar-refractivity contribution in [2.75, 3.05) is 7.05 Å². The van der Waals surface area contributed by atoms with Gasteiger partial charge in [-0.2, -0.15) is 0 Å². The topological polar surface area (TPSA) is 37.8 Å². The van der Waals surface area contributed by atoms with E-state index >= 15 is 0 Å². The molecule has 1 aliphatic carbocycles. The molecule has 0 saturated heterocycles. The smallest absolute Gasteiger partial charge is 0.134 e.